The predicted octanol–water partition coefficient (Wildman–Crippen LogP) is 24.0. The molecular formula is C83H95N. The number of benzene rings is 7. The molecule has 84 heavy (non-hydrogen) atoms. The van der Waals surface area contributed by atoms with Crippen molar-refractivity contribution >= 4 is 12.3 Å². The number of nitrogens with one attached hydrogen (secondary N) is 1. The molecule has 1 N–H and O–H groups in total. The lowest BCUT2D eigenvalue weighted by Gasteiger charge is -2.34. The summed E-state index contributed by atoms with van der Waals surface area (Å²) in [5, 5.41) is 5.50. The van der Waals surface area contributed by atoms with E-state index in [1.807, 2.05) is 32.0 Å². The second kappa shape index (κ2) is 30.6. The van der Waals surface area contributed by atoms with E-state index in [-0.39, 0.29) is 5.41 Å². The van der Waals surface area contributed by atoms with Gasteiger partial charge in [-0.1, -0.05) is 306 Å². The van der Waals surface area contributed by atoms with Crippen molar-refractivity contribution in [3.63, 3.8) is 0 Å². The van der Waals surface area contributed by atoms with Crippen LogP contribution in [0.5, 0.6) is 0 Å². The maximum Gasteiger partial charge on any atom is 0.0725 e. The summed E-state index contributed by atoms with van der Waals surface area (Å²) >= 11 is 0. The van der Waals surface area contributed by atoms with Crippen molar-refractivity contribution in [2.75, 3.05) is 0 Å². The van der Waals surface area contributed by atoms with Crippen LogP contribution in [0.15, 0.2) is 259 Å². The molecule has 0 saturated heterocycles. The monoisotopic (exact) mass is 1110 g/mol. The number of hydrogen-bond acceptors (Lipinski definition) is 1. The van der Waals surface area contributed by atoms with Crippen LogP contribution in [-0.2, 0) is 5.41 Å². The van der Waals surface area contributed by atoms with E-state index in [0.717, 1.165) is 19.3 Å². The smallest absolute Gasteiger partial charge is 0.0725 e. The Kier molecular flexibility index (Phi) is 23.2. The molecule has 0 heterocycles. The summed E-state index contributed by atoms with van der Waals surface area (Å²) < 4.78 is 0. The van der Waals surface area contributed by atoms with E-state index < -0.39 is 0 Å². The first-order chi connectivity index (χ1) is 41.0. The second-order valence-electron chi connectivity index (χ2n) is 23.0. The van der Waals surface area contributed by atoms with Crippen molar-refractivity contribution in [1.29, 1.82) is 5.41 Å². The van der Waals surface area contributed by atoms with Gasteiger partial charge in [0.05, 0.1) is 5.41 Å². The Hall–Kier alpha value is -7.87. The van der Waals surface area contributed by atoms with Gasteiger partial charge in [-0.2, -0.15) is 0 Å². The van der Waals surface area contributed by atoms with Gasteiger partial charge in [0, 0.05) is 0 Å². The number of allylic oxidation sites excluding steroid dienone is 14. The number of unbranched alkanes of at least 4 members (excludes halogenated alkanes) is 1. The Bertz CT molecular complexity index is 3500. The molecule has 0 aliphatic heterocycles. The summed E-state index contributed by atoms with van der Waals surface area (Å²) in [5.74, 6) is 2.21. The fourth-order valence-corrected chi connectivity index (χ4v) is 12.9. The second-order valence-corrected chi connectivity index (χ2v) is 23.0. The minimum absolute atomic E-state index is 0.265. The highest BCUT2D eigenvalue weighted by Gasteiger charge is 2.52. The molecule has 1 saturated carbocycles. The molecule has 3 atom stereocenters. The van der Waals surface area contributed by atoms with Gasteiger partial charge in [-0.05, 0) is 195 Å². The van der Waals surface area contributed by atoms with Gasteiger partial charge >= 0.3 is 0 Å². The highest BCUT2D eigenvalue weighted by atomic mass is 14.5. The fraction of sp³-hybridized carbons (Fsp3) is 0.289. The molecule has 5 aliphatic carbocycles. The minimum Gasteiger partial charge on any atom is -0.317 e. The molecule has 5 aliphatic rings. The van der Waals surface area contributed by atoms with Gasteiger partial charge in [0.2, 0.25) is 0 Å². The zero-order chi connectivity index (χ0) is 60.3. The lowest BCUT2D eigenvalue weighted by atomic mass is 9.70. The molecule has 0 bridgehead atoms. The molecule has 1 heteroatoms. The van der Waals surface area contributed by atoms with E-state index in [1.165, 1.54) is 149 Å². The van der Waals surface area contributed by atoms with E-state index in [2.05, 4.69) is 276 Å². The van der Waals surface area contributed by atoms with E-state index >= 15 is 0 Å². The van der Waals surface area contributed by atoms with Crippen LogP contribution in [0, 0.1) is 37.0 Å². The minimum atomic E-state index is -0.265. The topological polar surface area (TPSA) is 23.9 Å². The number of fused-ring (bicyclic) bond motifs is 10. The first-order valence-corrected chi connectivity index (χ1v) is 31.5. The molecule has 7 aromatic carbocycles. The molecular weight excluding hydrogens is 1010 g/mol. The molecule has 1 fully saturated rings. The number of hydrogen-bond donors (Lipinski definition) is 1. The highest BCUT2D eigenvalue weighted by Crippen LogP contribution is 2.64. The van der Waals surface area contributed by atoms with Crippen LogP contribution in [0.2, 0.25) is 0 Å². The van der Waals surface area contributed by atoms with Crippen molar-refractivity contribution in [2.45, 2.75) is 139 Å². The maximum absolute atomic E-state index is 5.50. The molecule has 3 unspecified atom stereocenters. The van der Waals surface area contributed by atoms with Crippen LogP contribution in [0.25, 0.3) is 39.0 Å². The third-order valence-electron chi connectivity index (χ3n) is 17.8. The lowest BCUT2D eigenvalue weighted by Crippen LogP contribution is -2.25. The van der Waals surface area contributed by atoms with Crippen molar-refractivity contribution < 1.29 is 0 Å². The Morgan fingerprint density at radius 2 is 1.18 bits per heavy atom. The zero-order valence-electron chi connectivity index (χ0n) is 52.8. The Labute approximate surface area is 508 Å². The van der Waals surface area contributed by atoms with Crippen molar-refractivity contribution in [3.8, 4) is 33.4 Å². The van der Waals surface area contributed by atoms with Gasteiger partial charge in [0.1, 0.15) is 0 Å². The molecule has 12 rings (SSSR count). The molecule has 1 nitrogen and oxygen atoms in total. The van der Waals surface area contributed by atoms with Crippen LogP contribution < -0.4 is 0 Å². The average molecular weight is 1110 g/mol. The summed E-state index contributed by atoms with van der Waals surface area (Å²) in [4.78, 5) is 0. The normalized spacial score (nSPS) is 17.0. The Morgan fingerprint density at radius 3 is 1.67 bits per heavy atom. The Balaban J connectivity index is 0.000000195. The van der Waals surface area contributed by atoms with Gasteiger partial charge in [-0.15, -0.1) is 0 Å². The maximum atomic E-state index is 5.50. The number of rotatable bonds is 11. The zero-order valence-corrected chi connectivity index (χ0v) is 52.8. The third kappa shape index (κ3) is 13.2. The molecule has 0 amide bonds. The first-order valence-electron chi connectivity index (χ1n) is 31.5. The van der Waals surface area contributed by atoms with E-state index in [9.17, 15) is 0 Å². The van der Waals surface area contributed by atoms with Gasteiger partial charge in [-0.3, -0.25) is 0 Å². The average Bonchev–Trinajstić information content (AvgIpc) is 1.68. The predicted molar refractivity (Wildman–Crippen MR) is 369 cm³/mol. The third-order valence-corrected chi connectivity index (χ3v) is 17.8. The molecule has 0 aromatic heterocycles. The number of aryl methyl sites for hydroxylation is 1. The van der Waals surface area contributed by atoms with Crippen LogP contribution in [0.1, 0.15) is 164 Å². The summed E-state index contributed by atoms with van der Waals surface area (Å²) in [6.45, 7) is 35.5. The molecule has 7 aromatic rings. The quantitative estimate of drug-likeness (QED) is 0.0986. The SMILES string of the molecule is C=C/C(C1=CC=C(C(=C)C2=CCC(C)C=C2)CC1C)=C(\C(=C/C)c1ccccc1)C1CCC1.C=N.CC.CCC(C)c1ccccc1-c1ccc2c(c1C)-c1ccccc1C21c2ccccc2-c2ccccc21.CCCC.Cc1ccccc1. The van der Waals surface area contributed by atoms with Gasteiger partial charge in [0.25, 0.3) is 0 Å². The molecule has 432 valence electrons. The van der Waals surface area contributed by atoms with Crippen LogP contribution in [0.4, 0.5) is 0 Å². The fourth-order valence-electron chi connectivity index (χ4n) is 12.9. The van der Waals surface area contributed by atoms with Crippen LogP contribution >= 0.6 is 0 Å². The van der Waals surface area contributed by atoms with Gasteiger partial charge in [-0.25, -0.2) is 0 Å². The van der Waals surface area contributed by atoms with Crippen molar-refractivity contribution in [1.82, 2.24) is 0 Å². The molecule has 1 spiro atoms. The van der Waals surface area contributed by atoms with Gasteiger partial charge < -0.3 is 5.41 Å². The van der Waals surface area contributed by atoms with E-state index in [4.69, 9.17) is 5.41 Å². The summed E-state index contributed by atoms with van der Waals surface area (Å²) in [5.41, 5.74) is 28.5. The summed E-state index contributed by atoms with van der Waals surface area (Å²) in [6.07, 6.45) is 25.8. The largest absolute Gasteiger partial charge is 0.317 e. The van der Waals surface area contributed by atoms with Crippen LogP contribution in [-0.4, -0.2) is 6.72 Å². The van der Waals surface area contributed by atoms with Crippen LogP contribution in [0.3, 0.4) is 0 Å². The molecule has 0 radical (unpaired) electrons. The van der Waals surface area contributed by atoms with Crippen molar-refractivity contribution in [3.05, 3.63) is 303 Å². The Morgan fingerprint density at radius 1 is 0.643 bits per heavy atom. The summed E-state index contributed by atoms with van der Waals surface area (Å²) in [7, 11) is 0. The van der Waals surface area contributed by atoms with E-state index in [0.29, 0.717) is 23.7 Å². The van der Waals surface area contributed by atoms with E-state index in [1.54, 1.807) is 0 Å². The lowest BCUT2D eigenvalue weighted by molar-refractivity contribution is 0.374. The summed E-state index contributed by atoms with van der Waals surface area (Å²) in [6, 6.07) is 62.1. The first kappa shape index (κ1) is 63.7. The standard InChI is InChI=1S/C36H30.C33H38.C7H8.C4H10.C2H6.CH3N/c1-4-23(2)25-13-5-6-14-27(25)26-21-22-34-35(24(26)3)30-17-9-12-20-33(30)36(34)31-18-10-7-15-28(31)29-16-8-11-19-32(29)36;1-6-30(27-12-9-8-10-13-27)33(28-14-11-15-28)31(7-2)32-21-20-29(22-24(32)4)25(5)26-18-16-23(3)17-19-26;1-7-5-3-2-4-6-7;1-3-4-2;2*1-2/h5-23H,4H2,1-3H3;6-10,12-13,16,18-21,23-24,28H,2,5,11,14-15,17,22H2,1,3-4H3;2-6H,1H3;3-4H2,1-2H3;1-2H3;2H,1H2/b;30-6-,33-31+;;;;. The highest BCUT2D eigenvalue weighted by molar-refractivity contribution is 5.97. The van der Waals surface area contributed by atoms with Gasteiger partial charge in [0.15, 0.2) is 0 Å². The van der Waals surface area contributed by atoms with Crippen molar-refractivity contribution in [2.24, 2.45) is 17.8 Å².